The second-order valence-corrected chi connectivity index (χ2v) is 6.04. The summed E-state index contributed by atoms with van der Waals surface area (Å²) in [5.74, 6) is 1.46. The molecule has 3 rings (SSSR count). The summed E-state index contributed by atoms with van der Waals surface area (Å²) < 4.78 is 10.8. The van der Waals surface area contributed by atoms with Crippen LogP contribution < -0.4 is 10.2 Å². The van der Waals surface area contributed by atoms with E-state index in [-0.39, 0.29) is 11.4 Å². The number of nitrogens with zero attached hydrogens (tertiary/aromatic N) is 3. The van der Waals surface area contributed by atoms with Gasteiger partial charge in [0, 0.05) is 11.6 Å². The number of non-ortho nitro benzene ring substituents is 1. The van der Waals surface area contributed by atoms with E-state index in [2.05, 4.69) is 10.5 Å². The molecule has 0 aliphatic heterocycles. The molecular formula is C18H13ClN4O6. The van der Waals surface area contributed by atoms with Crippen molar-refractivity contribution in [3.63, 3.8) is 0 Å². The number of hydrogen-bond donors (Lipinski definition) is 1. The Balaban J connectivity index is 1.76. The van der Waals surface area contributed by atoms with E-state index in [1.807, 2.05) is 0 Å². The Bertz CT molecular complexity index is 1110. The van der Waals surface area contributed by atoms with E-state index >= 15 is 0 Å². The van der Waals surface area contributed by atoms with Crippen LogP contribution >= 0.6 is 11.6 Å². The van der Waals surface area contributed by atoms with Crippen LogP contribution in [0.1, 0.15) is 5.76 Å². The quantitative estimate of drug-likeness (QED) is 0.330. The fourth-order valence-corrected chi connectivity index (χ4v) is 2.70. The Morgan fingerprint density at radius 3 is 2.55 bits per heavy atom. The maximum absolute atomic E-state index is 11.1. The highest BCUT2D eigenvalue weighted by molar-refractivity contribution is 6.32. The summed E-state index contributed by atoms with van der Waals surface area (Å²) in [6.07, 6.45) is 1.32. The van der Waals surface area contributed by atoms with Crippen molar-refractivity contribution in [3.8, 4) is 17.1 Å². The third-order valence-electron chi connectivity index (χ3n) is 3.83. The van der Waals surface area contributed by atoms with Gasteiger partial charge in [-0.3, -0.25) is 25.7 Å². The van der Waals surface area contributed by atoms with E-state index in [0.717, 1.165) is 17.7 Å². The third kappa shape index (κ3) is 4.50. The second kappa shape index (κ2) is 8.40. The highest BCUT2D eigenvalue weighted by Gasteiger charge is 2.19. The summed E-state index contributed by atoms with van der Waals surface area (Å²) in [6, 6.07) is 11.8. The van der Waals surface area contributed by atoms with Gasteiger partial charge in [-0.05, 0) is 36.4 Å². The van der Waals surface area contributed by atoms with Crippen molar-refractivity contribution in [2.75, 3.05) is 12.5 Å². The molecule has 10 nitrogen and oxygen atoms in total. The van der Waals surface area contributed by atoms with Crippen LogP contribution in [0.25, 0.3) is 11.3 Å². The first-order valence-corrected chi connectivity index (χ1v) is 8.42. The molecule has 0 amide bonds. The van der Waals surface area contributed by atoms with Crippen molar-refractivity contribution < 1.29 is 19.0 Å². The number of hydrazone groups is 1. The number of rotatable bonds is 7. The number of nitro benzene ring substituents is 2. The summed E-state index contributed by atoms with van der Waals surface area (Å²) in [5.41, 5.74) is 2.37. The lowest BCUT2D eigenvalue weighted by atomic mass is 10.2. The maximum atomic E-state index is 11.1. The summed E-state index contributed by atoms with van der Waals surface area (Å²) in [4.78, 5) is 20.4. The third-order valence-corrected chi connectivity index (χ3v) is 4.12. The number of hydrogen-bond acceptors (Lipinski definition) is 8. The van der Waals surface area contributed by atoms with Crippen LogP contribution in [0.4, 0.5) is 17.1 Å². The fraction of sp³-hybridized carbons (Fsp3) is 0.0556. The van der Waals surface area contributed by atoms with Crippen LogP contribution in [0.3, 0.4) is 0 Å². The first kappa shape index (κ1) is 19.8. The van der Waals surface area contributed by atoms with Crippen LogP contribution in [-0.4, -0.2) is 23.2 Å². The Hall–Kier alpha value is -3.92. The molecule has 0 aliphatic carbocycles. The number of ether oxygens (including phenoxy) is 1. The Morgan fingerprint density at radius 1 is 1.10 bits per heavy atom. The molecule has 0 saturated carbocycles. The molecule has 0 radical (unpaired) electrons. The lowest BCUT2D eigenvalue weighted by Crippen LogP contribution is -1.98. The van der Waals surface area contributed by atoms with Gasteiger partial charge in [0.25, 0.3) is 5.69 Å². The first-order valence-electron chi connectivity index (χ1n) is 8.04. The molecule has 2 aromatic carbocycles. The lowest BCUT2D eigenvalue weighted by molar-refractivity contribution is -0.393. The van der Waals surface area contributed by atoms with Gasteiger partial charge in [0.15, 0.2) is 0 Å². The smallest absolute Gasteiger partial charge is 0.301 e. The molecule has 1 N–H and O–H groups in total. The van der Waals surface area contributed by atoms with Gasteiger partial charge >= 0.3 is 5.69 Å². The molecular weight excluding hydrogens is 404 g/mol. The summed E-state index contributed by atoms with van der Waals surface area (Å²) in [7, 11) is 1.52. The van der Waals surface area contributed by atoms with Crippen molar-refractivity contribution in [2.45, 2.75) is 0 Å². The molecule has 0 atom stereocenters. The number of halogens is 1. The highest BCUT2D eigenvalue weighted by Crippen LogP contribution is 2.31. The zero-order valence-electron chi connectivity index (χ0n) is 14.9. The van der Waals surface area contributed by atoms with Gasteiger partial charge in [-0.2, -0.15) is 5.10 Å². The first-order chi connectivity index (χ1) is 13.9. The molecule has 0 unspecified atom stereocenters. The monoisotopic (exact) mass is 416 g/mol. The van der Waals surface area contributed by atoms with Gasteiger partial charge in [-0.15, -0.1) is 0 Å². The molecule has 0 aliphatic rings. The number of benzene rings is 2. The van der Waals surface area contributed by atoms with E-state index < -0.39 is 15.5 Å². The molecule has 1 heterocycles. The van der Waals surface area contributed by atoms with E-state index in [9.17, 15) is 20.2 Å². The fourth-order valence-electron chi connectivity index (χ4n) is 2.44. The van der Waals surface area contributed by atoms with Crippen molar-refractivity contribution in [2.24, 2.45) is 5.10 Å². The number of furan rings is 1. The molecule has 0 spiro atoms. The maximum Gasteiger partial charge on any atom is 0.301 e. The van der Waals surface area contributed by atoms with E-state index in [4.69, 9.17) is 20.8 Å². The summed E-state index contributed by atoms with van der Waals surface area (Å²) >= 11 is 6.11. The Labute approximate surface area is 168 Å². The van der Waals surface area contributed by atoms with Crippen LogP contribution in [0.15, 0.2) is 58.0 Å². The van der Waals surface area contributed by atoms with Crippen molar-refractivity contribution in [1.82, 2.24) is 0 Å². The second-order valence-electron chi connectivity index (χ2n) is 5.64. The SMILES string of the molecule is COc1ccc(-c2ccc(C=NNc3ccc([N+](=O)[O-])cc3[N+](=O)[O-])o2)cc1Cl. The van der Waals surface area contributed by atoms with Crippen LogP contribution in [0, 0.1) is 20.2 Å². The Morgan fingerprint density at radius 2 is 1.90 bits per heavy atom. The minimum Gasteiger partial charge on any atom is -0.495 e. The largest absolute Gasteiger partial charge is 0.495 e. The van der Waals surface area contributed by atoms with E-state index in [1.54, 1.807) is 30.3 Å². The van der Waals surface area contributed by atoms with E-state index in [0.29, 0.717) is 22.3 Å². The zero-order chi connectivity index (χ0) is 21.0. The highest BCUT2D eigenvalue weighted by atomic mass is 35.5. The average Bonchev–Trinajstić information content (AvgIpc) is 3.16. The molecule has 0 bridgehead atoms. The predicted molar refractivity (Wildman–Crippen MR) is 107 cm³/mol. The molecule has 3 aromatic rings. The lowest BCUT2D eigenvalue weighted by Gasteiger charge is -2.04. The molecule has 29 heavy (non-hydrogen) atoms. The average molecular weight is 417 g/mol. The zero-order valence-corrected chi connectivity index (χ0v) is 15.6. The van der Waals surface area contributed by atoms with Gasteiger partial charge in [0.05, 0.1) is 34.3 Å². The topological polar surface area (TPSA) is 133 Å². The number of anilines is 1. The molecule has 148 valence electrons. The predicted octanol–water partition coefficient (Wildman–Crippen LogP) is 4.87. The molecule has 11 heteroatoms. The van der Waals surface area contributed by atoms with Gasteiger partial charge in [0.1, 0.15) is 23.0 Å². The summed E-state index contributed by atoms with van der Waals surface area (Å²) in [6.45, 7) is 0. The van der Waals surface area contributed by atoms with Crippen molar-refractivity contribution in [3.05, 3.63) is 79.5 Å². The van der Waals surface area contributed by atoms with Crippen LogP contribution in [0.2, 0.25) is 5.02 Å². The Kier molecular flexibility index (Phi) is 5.74. The van der Waals surface area contributed by atoms with Crippen molar-refractivity contribution >= 4 is 34.9 Å². The normalized spacial score (nSPS) is 10.8. The van der Waals surface area contributed by atoms with Gasteiger partial charge in [0.2, 0.25) is 0 Å². The van der Waals surface area contributed by atoms with Crippen LogP contribution in [0.5, 0.6) is 5.75 Å². The van der Waals surface area contributed by atoms with Gasteiger partial charge < -0.3 is 9.15 Å². The number of nitrogens with one attached hydrogen (secondary N) is 1. The van der Waals surface area contributed by atoms with Crippen molar-refractivity contribution in [1.29, 1.82) is 0 Å². The standard InChI is InChI=1S/C18H13ClN4O6/c1-28-18-6-2-11(8-14(18)19)17-7-4-13(29-17)10-20-21-15-5-3-12(22(24)25)9-16(15)23(26)27/h2-10,21H,1H3. The molecule has 0 saturated heterocycles. The van der Waals surface area contributed by atoms with Crippen LogP contribution in [-0.2, 0) is 0 Å². The number of nitro groups is 2. The van der Waals surface area contributed by atoms with E-state index in [1.165, 1.54) is 19.4 Å². The summed E-state index contributed by atoms with van der Waals surface area (Å²) in [5, 5.41) is 26.2. The molecule has 0 fully saturated rings. The molecule has 1 aromatic heterocycles. The minimum atomic E-state index is -0.733. The number of methoxy groups -OCH3 is 1. The minimum absolute atomic E-state index is 0.00515. The van der Waals surface area contributed by atoms with Gasteiger partial charge in [-0.1, -0.05) is 11.6 Å². The van der Waals surface area contributed by atoms with Gasteiger partial charge in [-0.25, -0.2) is 0 Å².